The predicted molar refractivity (Wildman–Crippen MR) is 123 cm³/mol. The molecule has 29 heavy (non-hydrogen) atoms. The van der Waals surface area contributed by atoms with Gasteiger partial charge in [-0.05, 0) is 54.0 Å². The van der Waals surface area contributed by atoms with Crippen LogP contribution in [0.5, 0.6) is 11.5 Å². The van der Waals surface area contributed by atoms with Crippen molar-refractivity contribution in [2.75, 3.05) is 24.7 Å². The molecule has 0 bridgehead atoms. The van der Waals surface area contributed by atoms with Crippen molar-refractivity contribution in [3.63, 3.8) is 0 Å². The fraction of sp³-hybridized carbons (Fsp3) is 0.217. The summed E-state index contributed by atoms with van der Waals surface area (Å²) >= 11 is 2.41. The van der Waals surface area contributed by atoms with Crippen molar-refractivity contribution in [2.45, 2.75) is 6.92 Å². The number of hydrogen-bond donors (Lipinski definition) is 0. The fourth-order valence-electron chi connectivity index (χ4n) is 2.27. The third-order valence-corrected chi connectivity index (χ3v) is 5.54. The van der Waals surface area contributed by atoms with E-state index in [0.29, 0.717) is 30.3 Å². The third-order valence-electron chi connectivity index (χ3n) is 3.74. The Morgan fingerprint density at radius 2 is 1.31 bits per heavy atom. The fourth-order valence-corrected chi connectivity index (χ4v) is 3.35. The van der Waals surface area contributed by atoms with E-state index in [2.05, 4.69) is 13.2 Å². The molecule has 6 heteroatoms. The van der Waals surface area contributed by atoms with Gasteiger partial charge in [0.25, 0.3) is 0 Å². The van der Waals surface area contributed by atoms with E-state index < -0.39 is 0 Å². The van der Waals surface area contributed by atoms with E-state index >= 15 is 0 Å². The molecule has 0 aliphatic carbocycles. The second kappa shape index (κ2) is 12.2. The summed E-state index contributed by atoms with van der Waals surface area (Å²) in [6, 6.07) is 15.6. The predicted octanol–water partition coefficient (Wildman–Crippen LogP) is 5.39. The Morgan fingerprint density at radius 3 is 1.72 bits per heavy atom. The van der Waals surface area contributed by atoms with Gasteiger partial charge in [-0.2, -0.15) is 0 Å². The zero-order chi connectivity index (χ0) is 21.1. The SMILES string of the molecule is C=CC(=O)SCCOc1ccc(-c2ccc(OCCSC(=O)C(=C)C)cc2)cc1. The summed E-state index contributed by atoms with van der Waals surface area (Å²) in [7, 11) is 0. The summed E-state index contributed by atoms with van der Waals surface area (Å²) < 4.78 is 11.3. The summed E-state index contributed by atoms with van der Waals surface area (Å²) in [6.45, 7) is 9.70. The van der Waals surface area contributed by atoms with E-state index in [-0.39, 0.29) is 10.2 Å². The molecule has 0 saturated carbocycles. The lowest BCUT2D eigenvalue weighted by Crippen LogP contribution is -2.03. The molecule has 0 amide bonds. The normalized spacial score (nSPS) is 10.2. The Labute approximate surface area is 180 Å². The lowest BCUT2D eigenvalue weighted by Gasteiger charge is -2.09. The van der Waals surface area contributed by atoms with E-state index in [1.165, 1.54) is 29.6 Å². The van der Waals surface area contributed by atoms with Crippen LogP contribution >= 0.6 is 23.5 Å². The average molecular weight is 429 g/mol. The van der Waals surface area contributed by atoms with Gasteiger partial charge in [-0.15, -0.1) is 0 Å². The van der Waals surface area contributed by atoms with Crippen LogP contribution in [0.3, 0.4) is 0 Å². The lowest BCUT2D eigenvalue weighted by molar-refractivity contribution is -0.108. The second-order valence-electron chi connectivity index (χ2n) is 6.03. The van der Waals surface area contributed by atoms with Crippen LogP contribution in [-0.2, 0) is 9.59 Å². The van der Waals surface area contributed by atoms with E-state index in [4.69, 9.17) is 9.47 Å². The number of hydrogen-bond acceptors (Lipinski definition) is 6. The van der Waals surface area contributed by atoms with E-state index in [9.17, 15) is 9.59 Å². The Kier molecular flexibility index (Phi) is 9.60. The topological polar surface area (TPSA) is 52.6 Å². The summed E-state index contributed by atoms with van der Waals surface area (Å²) in [5, 5.41) is -0.0455. The molecule has 0 aromatic heterocycles. The standard InChI is InChI=1S/C23H24O4S2/c1-4-22(24)28-15-13-26-20-9-5-18(6-10-20)19-7-11-21(12-8-19)27-14-16-29-23(25)17(2)3/h4-12H,1-2,13-16H2,3H3. The minimum Gasteiger partial charge on any atom is -0.493 e. The monoisotopic (exact) mass is 428 g/mol. The molecule has 2 aromatic carbocycles. The number of carbonyl (C=O) groups excluding carboxylic acids is 2. The highest BCUT2D eigenvalue weighted by atomic mass is 32.2. The first-order valence-electron chi connectivity index (χ1n) is 9.07. The Balaban J connectivity index is 1.78. The summed E-state index contributed by atoms with van der Waals surface area (Å²) in [5.74, 6) is 2.72. The van der Waals surface area contributed by atoms with Gasteiger partial charge in [-0.25, -0.2) is 0 Å². The molecule has 0 N–H and O–H groups in total. The van der Waals surface area contributed by atoms with Crippen LogP contribution in [0.4, 0.5) is 0 Å². The number of ether oxygens (including phenoxy) is 2. The molecule has 0 radical (unpaired) electrons. The Bertz CT molecular complexity index is 842. The smallest absolute Gasteiger partial charge is 0.214 e. The number of thioether (sulfide) groups is 2. The highest BCUT2D eigenvalue weighted by Crippen LogP contribution is 2.25. The molecule has 2 aromatic rings. The van der Waals surface area contributed by atoms with E-state index in [1.54, 1.807) is 6.92 Å². The molecule has 0 fully saturated rings. The maximum atomic E-state index is 11.5. The quantitative estimate of drug-likeness (QED) is 0.353. The van der Waals surface area contributed by atoms with Crippen LogP contribution in [0.1, 0.15) is 6.92 Å². The molecular weight excluding hydrogens is 404 g/mol. The van der Waals surface area contributed by atoms with Crippen LogP contribution in [0.25, 0.3) is 11.1 Å². The van der Waals surface area contributed by atoms with Crippen LogP contribution in [0.15, 0.2) is 73.3 Å². The molecular formula is C23H24O4S2. The first-order valence-corrected chi connectivity index (χ1v) is 11.0. The Hall–Kier alpha value is -2.44. The van der Waals surface area contributed by atoms with Gasteiger partial charge in [0.15, 0.2) is 0 Å². The van der Waals surface area contributed by atoms with E-state index in [0.717, 1.165) is 22.6 Å². The van der Waals surface area contributed by atoms with Crippen LogP contribution in [0, 0.1) is 0 Å². The van der Waals surface area contributed by atoms with Gasteiger partial charge in [0, 0.05) is 11.5 Å². The summed E-state index contributed by atoms with van der Waals surface area (Å²) in [4.78, 5) is 22.6. The third kappa shape index (κ3) is 8.21. The first kappa shape index (κ1) is 22.8. The molecule has 0 saturated heterocycles. The van der Waals surface area contributed by atoms with Gasteiger partial charge in [0.2, 0.25) is 10.2 Å². The Morgan fingerprint density at radius 1 is 0.862 bits per heavy atom. The number of benzene rings is 2. The van der Waals surface area contributed by atoms with Crippen LogP contribution in [0.2, 0.25) is 0 Å². The molecule has 0 unspecified atom stereocenters. The zero-order valence-electron chi connectivity index (χ0n) is 16.4. The van der Waals surface area contributed by atoms with Gasteiger partial charge in [0.05, 0.1) is 13.2 Å². The zero-order valence-corrected chi connectivity index (χ0v) is 18.0. The van der Waals surface area contributed by atoms with Gasteiger partial charge in [-0.1, -0.05) is 60.9 Å². The molecule has 4 nitrogen and oxygen atoms in total. The minimum absolute atomic E-state index is 0.000353. The molecule has 2 rings (SSSR count). The highest BCUT2D eigenvalue weighted by Gasteiger charge is 2.04. The molecule has 0 aliphatic rings. The highest BCUT2D eigenvalue weighted by molar-refractivity contribution is 8.14. The number of rotatable bonds is 11. The van der Waals surface area contributed by atoms with Crippen molar-refractivity contribution in [2.24, 2.45) is 0 Å². The average Bonchev–Trinajstić information content (AvgIpc) is 2.74. The molecule has 152 valence electrons. The first-order chi connectivity index (χ1) is 14.0. The molecule has 0 aliphatic heterocycles. The summed E-state index contributed by atoms with van der Waals surface area (Å²) in [6.07, 6.45) is 1.30. The van der Waals surface area contributed by atoms with Crippen molar-refractivity contribution >= 4 is 33.8 Å². The molecule has 0 atom stereocenters. The maximum absolute atomic E-state index is 11.5. The second-order valence-corrected chi connectivity index (χ2v) is 8.20. The van der Waals surface area contributed by atoms with Crippen molar-refractivity contribution < 1.29 is 19.1 Å². The van der Waals surface area contributed by atoms with Crippen molar-refractivity contribution in [1.82, 2.24) is 0 Å². The van der Waals surface area contributed by atoms with Crippen molar-refractivity contribution in [3.8, 4) is 22.6 Å². The van der Waals surface area contributed by atoms with Gasteiger partial charge in [-0.3, -0.25) is 9.59 Å². The largest absolute Gasteiger partial charge is 0.493 e. The van der Waals surface area contributed by atoms with Crippen molar-refractivity contribution in [1.29, 1.82) is 0 Å². The van der Waals surface area contributed by atoms with Gasteiger partial charge >= 0.3 is 0 Å². The van der Waals surface area contributed by atoms with E-state index in [1.807, 2.05) is 48.5 Å². The lowest BCUT2D eigenvalue weighted by atomic mass is 10.1. The number of carbonyl (C=O) groups is 2. The van der Waals surface area contributed by atoms with Crippen LogP contribution < -0.4 is 9.47 Å². The van der Waals surface area contributed by atoms with Crippen molar-refractivity contribution in [3.05, 3.63) is 73.3 Å². The summed E-state index contributed by atoms with van der Waals surface area (Å²) in [5.41, 5.74) is 2.70. The van der Waals surface area contributed by atoms with Crippen LogP contribution in [-0.4, -0.2) is 35.0 Å². The molecule has 0 spiro atoms. The minimum atomic E-state index is -0.0459. The van der Waals surface area contributed by atoms with Gasteiger partial charge < -0.3 is 9.47 Å². The molecule has 0 heterocycles. The maximum Gasteiger partial charge on any atom is 0.214 e. The van der Waals surface area contributed by atoms with Gasteiger partial charge in [0.1, 0.15) is 11.5 Å².